The van der Waals surface area contributed by atoms with Crippen LogP contribution in [-0.2, 0) is 9.59 Å². The number of hydrazine groups is 1. The van der Waals surface area contributed by atoms with Gasteiger partial charge in [0.15, 0.2) is 6.61 Å². The first-order valence-electron chi connectivity index (χ1n) is 5.18. The van der Waals surface area contributed by atoms with Gasteiger partial charge in [-0.1, -0.05) is 18.5 Å². The van der Waals surface area contributed by atoms with Gasteiger partial charge in [-0.2, -0.15) is 0 Å². The number of amides is 2. The molecule has 0 radical (unpaired) electrons. The molecule has 1 rings (SSSR count). The van der Waals surface area contributed by atoms with Crippen molar-refractivity contribution < 1.29 is 14.3 Å². The van der Waals surface area contributed by atoms with Crippen molar-refractivity contribution in [3.05, 3.63) is 27.7 Å². The van der Waals surface area contributed by atoms with Crippen LogP contribution >= 0.6 is 27.5 Å². The number of rotatable bonds is 4. The van der Waals surface area contributed by atoms with Gasteiger partial charge in [0.25, 0.3) is 5.91 Å². The van der Waals surface area contributed by atoms with E-state index in [-0.39, 0.29) is 12.5 Å². The Labute approximate surface area is 118 Å². The summed E-state index contributed by atoms with van der Waals surface area (Å²) < 4.78 is 5.90. The molecule has 0 atom stereocenters. The van der Waals surface area contributed by atoms with Crippen molar-refractivity contribution in [1.29, 1.82) is 0 Å². The molecule has 2 amide bonds. The zero-order chi connectivity index (χ0) is 13.5. The highest BCUT2D eigenvalue weighted by molar-refractivity contribution is 9.10. The van der Waals surface area contributed by atoms with E-state index >= 15 is 0 Å². The minimum atomic E-state index is -0.446. The Hall–Kier alpha value is -1.27. The van der Waals surface area contributed by atoms with E-state index in [1.54, 1.807) is 25.1 Å². The average Bonchev–Trinajstić information content (AvgIpc) is 2.34. The SMILES string of the molecule is CCC(=O)NNC(=O)COc1ccc(Cl)cc1Br. The lowest BCUT2D eigenvalue weighted by atomic mass is 10.3. The predicted octanol–water partition coefficient (Wildman–Crippen LogP) is 2.04. The van der Waals surface area contributed by atoms with Crippen molar-refractivity contribution >= 4 is 39.3 Å². The molecule has 0 saturated heterocycles. The zero-order valence-corrected chi connectivity index (χ0v) is 12.0. The highest BCUT2D eigenvalue weighted by atomic mass is 79.9. The molecule has 0 aromatic heterocycles. The van der Waals surface area contributed by atoms with Gasteiger partial charge in [0.2, 0.25) is 5.91 Å². The van der Waals surface area contributed by atoms with Crippen LogP contribution in [0.4, 0.5) is 0 Å². The van der Waals surface area contributed by atoms with E-state index in [0.717, 1.165) is 0 Å². The summed E-state index contributed by atoms with van der Waals surface area (Å²) in [6, 6.07) is 4.95. The van der Waals surface area contributed by atoms with Crippen molar-refractivity contribution in [3.63, 3.8) is 0 Å². The number of carbonyl (C=O) groups excluding carboxylic acids is 2. The van der Waals surface area contributed by atoms with Crippen molar-refractivity contribution in [3.8, 4) is 5.75 Å². The summed E-state index contributed by atoms with van der Waals surface area (Å²) in [4.78, 5) is 22.2. The summed E-state index contributed by atoms with van der Waals surface area (Å²) in [5.74, 6) is -0.217. The van der Waals surface area contributed by atoms with Gasteiger partial charge in [-0.15, -0.1) is 0 Å². The number of ether oxygens (including phenoxy) is 1. The second kappa shape index (κ2) is 7.23. The van der Waals surface area contributed by atoms with Gasteiger partial charge < -0.3 is 4.74 Å². The smallest absolute Gasteiger partial charge is 0.276 e. The molecule has 2 N–H and O–H groups in total. The first-order chi connectivity index (χ1) is 8.52. The van der Waals surface area contributed by atoms with Crippen molar-refractivity contribution in [2.24, 2.45) is 0 Å². The maximum Gasteiger partial charge on any atom is 0.276 e. The minimum Gasteiger partial charge on any atom is -0.483 e. The molecule has 0 fully saturated rings. The summed E-state index contributed by atoms with van der Waals surface area (Å²) in [5, 5.41) is 0.564. The van der Waals surface area contributed by atoms with E-state index < -0.39 is 5.91 Å². The standard InChI is InChI=1S/C11H12BrClN2O3/c1-2-10(16)14-15-11(17)6-18-9-4-3-7(13)5-8(9)12/h3-5H,2,6H2,1H3,(H,14,16)(H,15,17). The first-order valence-corrected chi connectivity index (χ1v) is 6.35. The van der Waals surface area contributed by atoms with Crippen LogP contribution in [0.2, 0.25) is 5.02 Å². The molecule has 0 bridgehead atoms. The molecule has 0 aliphatic heterocycles. The van der Waals surface area contributed by atoms with E-state index in [9.17, 15) is 9.59 Å². The summed E-state index contributed by atoms with van der Waals surface area (Å²) >= 11 is 9.03. The maximum absolute atomic E-state index is 11.3. The normalized spacial score (nSPS) is 9.72. The lowest BCUT2D eigenvalue weighted by Gasteiger charge is -2.09. The van der Waals surface area contributed by atoms with Gasteiger partial charge in [-0.05, 0) is 34.1 Å². The second-order valence-electron chi connectivity index (χ2n) is 3.31. The Morgan fingerprint density at radius 1 is 1.33 bits per heavy atom. The molecule has 0 unspecified atom stereocenters. The van der Waals surface area contributed by atoms with E-state index in [2.05, 4.69) is 26.8 Å². The van der Waals surface area contributed by atoms with E-state index in [1.807, 2.05) is 0 Å². The van der Waals surface area contributed by atoms with Crippen LogP contribution in [0.5, 0.6) is 5.75 Å². The Morgan fingerprint density at radius 2 is 2.00 bits per heavy atom. The van der Waals surface area contributed by atoms with Crippen LogP contribution in [0, 0.1) is 0 Å². The number of benzene rings is 1. The fraction of sp³-hybridized carbons (Fsp3) is 0.273. The summed E-state index contributed by atoms with van der Waals surface area (Å²) in [5.41, 5.74) is 4.47. The molecule has 18 heavy (non-hydrogen) atoms. The Balaban J connectivity index is 2.40. The van der Waals surface area contributed by atoms with Crippen LogP contribution in [0.1, 0.15) is 13.3 Å². The largest absolute Gasteiger partial charge is 0.483 e. The average molecular weight is 336 g/mol. The van der Waals surface area contributed by atoms with Crippen LogP contribution < -0.4 is 15.6 Å². The Morgan fingerprint density at radius 3 is 2.61 bits per heavy atom. The number of hydrogen-bond acceptors (Lipinski definition) is 3. The summed E-state index contributed by atoms with van der Waals surface area (Å²) in [7, 11) is 0. The van der Waals surface area contributed by atoms with Crippen molar-refractivity contribution in [1.82, 2.24) is 10.9 Å². The Bertz CT molecular complexity index is 454. The van der Waals surface area contributed by atoms with Crippen LogP contribution in [0.25, 0.3) is 0 Å². The summed E-state index contributed by atoms with van der Waals surface area (Å²) in [6.45, 7) is 1.48. The lowest BCUT2D eigenvalue weighted by Crippen LogP contribution is -2.43. The predicted molar refractivity (Wildman–Crippen MR) is 71.2 cm³/mol. The molecule has 5 nitrogen and oxygen atoms in total. The van der Waals surface area contributed by atoms with Crippen LogP contribution in [-0.4, -0.2) is 18.4 Å². The number of halogens is 2. The topological polar surface area (TPSA) is 67.4 Å². The first kappa shape index (κ1) is 14.8. The Kier molecular flexibility index (Phi) is 5.94. The molecular weight excluding hydrogens is 323 g/mol. The van der Waals surface area contributed by atoms with Crippen LogP contribution in [0.15, 0.2) is 22.7 Å². The molecule has 98 valence electrons. The van der Waals surface area contributed by atoms with Crippen molar-refractivity contribution in [2.75, 3.05) is 6.61 Å². The third-order valence-corrected chi connectivity index (χ3v) is 2.77. The van der Waals surface area contributed by atoms with E-state index in [0.29, 0.717) is 21.7 Å². The van der Waals surface area contributed by atoms with Gasteiger partial charge in [0, 0.05) is 11.4 Å². The molecule has 0 heterocycles. The highest BCUT2D eigenvalue weighted by Crippen LogP contribution is 2.27. The molecule has 0 spiro atoms. The molecule has 7 heteroatoms. The molecule has 0 aliphatic rings. The van der Waals surface area contributed by atoms with Gasteiger partial charge in [-0.3, -0.25) is 20.4 Å². The zero-order valence-electron chi connectivity index (χ0n) is 9.63. The van der Waals surface area contributed by atoms with Gasteiger partial charge in [-0.25, -0.2) is 0 Å². The quantitative estimate of drug-likeness (QED) is 0.828. The van der Waals surface area contributed by atoms with E-state index in [1.165, 1.54) is 0 Å². The molecule has 1 aromatic rings. The fourth-order valence-electron chi connectivity index (χ4n) is 0.999. The lowest BCUT2D eigenvalue weighted by molar-refractivity contribution is -0.129. The van der Waals surface area contributed by atoms with Gasteiger partial charge in [0.05, 0.1) is 4.47 Å². The van der Waals surface area contributed by atoms with Gasteiger partial charge >= 0.3 is 0 Å². The summed E-state index contributed by atoms with van der Waals surface area (Å²) in [6.07, 6.45) is 0.296. The van der Waals surface area contributed by atoms with Crippen LogP contribution in [0.3, 0.4) is 0 Å². The minimum absolute atomic E-state index is 0.204. The highest BCUT2D eigenvalue weighted by Gasteiger charge is 2.06. The molecule has 0 aliphatic carbocycles. The molecular formula is C11H12BrClN2O3. The monoisotopic (exact) mass is 334 g/mol. The number of hydrogen-bond donors (Lipinski definition) is 2. The third kappa shape index (κ3) is 4.93. The van der Waals surface area contributed by atoms with Crippen molar-refractivity contribution in [2.45, 2.75) is 13.3 Å². The number of carbonyl (C=O) groups is 2. The maximum atomic E-state index is 11.3. The fourth-order valence-corrected chi connectivity index (χ4v) is 1.80. The molecule has 0 saturated carbocycles. The third-order valence-electron chi connectivity index (χ3n) is 1.92. The molecule has 1 aromatic carbocycles. The van der Waals surface area contributed by atoms with Gasteiger partial charge in [0.1, 0.15) is 5.75 Å². The van der Waals surface area contributed by atoms with E-state index in [4.69, 9.17) is 16.3 Å². The number of nitrogens with one attached hydrogen (secondary N) is 2. The second-order valence-corrected chi connectivity index (χ2v) is 4.60.